The summed E-state index contributed by atoms with van der Waals surface area (Å²) in [6.45, 7) is 0.520. The molecular formula is C30H31F4N3O5S. The van der Waals surface area contributed by atoms with Crippen LogP contribution in [0, 0.1) is 11.7 Å². The van der Waals surface area contributed by atoms with Gasteiger partial charge in [-0.1, -0.05) is 36.3 Å². The van der Waals surface area contributed by atoms with E-state index in [0.717, 1.165) is 29.5 Å². The van der Waals surface area contributed by atoms with Crippen molar-refractivity contribution in [3.8, 4) is 5.69 Å². The van der Waals surface area contributed by atoms with Crippen LogP contribution >= 0.6 is 0 Å². The Balaban J connectivity index is 1.44. The van der Waals surface area contributed by atoms with Crippen LogP contribution in [0.4, 0.5) is 17.6 Å². The van der Waals surface area contributed by atoms with Crippen LogP contribution in [0.2, 0.25) is 0 Å². The summed E-state index contributed by atoms with van der Waals surface area (Å²) in [4.78, 5) is 12.2. The van der Waals surface area contributed by atoms with Crippen LogP contribution in [-0.2, 0) is 26.9 Å². The standard InChI is InChI=1S/C30H31F4N3O5S/c1-18-25-14-35-37(23-11-9-22(31)10-12-23)26(25)13-19-7-8-20(28(18)19)15-36(16-27(38)30(32,33)34)43(40,41)17-21-5-3-4-6-24(21)29(39)42-2/h3-6,9-12,14,18,20,27,38H,7-8,13,15-17H2,1-2H3/t18-,20-,27?/m0/s1. The van der Waals surface area contributed by atoms with Gasteiger partial charge in [-0.05, 0) is 54.7 Å². The van der Waals surface area contributed by atoms with E-state index in [1.165, 1.54) is 36.4 Å². The number of sulfonamides is 1. The molecule has 0 fully saturated rings. The number of hydrogen-bond acceptors (Lipinski definition) is 6. The van der Waals surface area contributed by atoms with Gasteiger partial charge in [-0.15, -0.1) is 0 Å². The molecule has 230 valence electrons. The van der Waals surface area contributed by atoms with E-state index in [-0.39, 0.29) is 29.4 Å². The molecule has 0 amide bonds. The molecule has 1 unspecified atom stereocenters. The number of nitrogens with zero attached hydrogens (tertiary/aromatic N) is 3. The highest BCUT2D eigenvalue weighted by molar-refractivity contribution is 7.88. The molecule has 8 nitrogen and oxygen atoms in total. The number of rotatable bonds is 9. The number of alkyl halides is 3. The lowest BCUT2D eigenvalue weighted by atomic mass is 9.80. The quantitative estimate of drug-likeness (QED) is 0.207. The predicted molar refractivity (Wildman–Crippen MR) is 149 cm³/mol. The third-order valence-corrected chi connectivity index (χ3v) is 10.0. The van der Waals surface area contributed by atoms with E-state index in [4.69, 9.17) is 4.74 Å². The molecule has 0 aliphatic heterocycles. The predicted octanol–water partition coefficient (Wildman–Crippen LogP) is 4.92. The lowest BCUT2D eigenvalue weighted by Crippen LogP contribution is -2.46. The second-order valence-electron chi connectivity index (χ2n) is 10.9. The van der Waals surface area contributed by atoms with Crippen LogP contribution < -0.4 is 0 Å². The van der Waals surface area contributed by atoms with Gasteiger partial charge in [0.2, 0.25) is 10.0 Å². The molecule has 1 aromatic heterocycles. The third-order valence-electron chi connectivity index (χ3n) is 8.26. The first-order valence-electron chi connectivity index (χ1n) is 13.7. The van der Waals surface area contributed by atoms with Crippen molar-refractivity contribution < 1.29 is 40.6 Å². The van der Waals surface area contributed by atoms with E-state index in [0.29, 0.717) is 29.3 Å². The Labute approximate surface area is 246 Å². The fourth-order valence-corrected chi connectivity index (χ4v) is 7.77. The monoisotopic (exact) mass is 621 g/mol. The summed E-state index contributed by atoms with van der Waals surface area (Å²) in [6, 6.07) is 11.8. The molecule has 1 heterocycles. The minimum atomic E-state index is -5.03. The molecule has 0 saturated heterocycles. The van der Waals surface area contributed by atoms with Crippen LogP contribution in [0.15, 0.2) is 65.9 Å². The molecule has 2 aliphatic rings. The van der Waals surface area contributed by atoms with Crippen molar-refractivity contribution in [3.05, 3.63) is 94.1 Å². The number of esters is 1. The fourth-order valence-electron chi connectivity index (χ4n) is 6.16. The Bertz CT molecular complexity index is 1650. The average molecular weight is 622 g/mol. The Morgan fingerprint density at radius 1 is 1.19 bits per heavy atom. The van der Waals surface area contributed by atoms with E-state index in [1.807, 2.05) is 6.92 Å². The number of halogens is 4. The Morgan fingerprint density at radius 2 is 1.88 bits per heavy atom. The summed E-state index contributed by atoms with van der Waals surface area (Å²) >= 11 is 0. The molecule has 43 heavy (non-hydrogen) atoms. The molecule has 1 N–H and O–H groups in total. The maximum absolute atomic E-state index is 13.7. The smallest absolute Gasteiger partial charge is 0.415 e. The molecule has 0 spiro atoms. The van der Waals surface area contributed by atoms with Crippen molar-refractivity contribution in [2.75, 3.05) is 20.2 Å². The van der Waals surface area contributed by atoms with Crippen LogP contribution in [0.1, 0.15) is 52.9 Å². The van der Waals surface area contributed by atoms with Crippen LogP contribution in [0.25, 0.3) is 5.69 Å². The molecule has 5 rings (SSSR count). The van der Waals surface area contributed by atoms with Crippen molar-refractivity contribution in [1.82, 2.24) is 14.1 Å². The average Bonchev–Trinajstić information content (AvgIpc) is 3.57. The first-order valence-corrected chi connectivity index (χ1v) is 15.3. The summed E-state index contributed by atoms with van der Waals surface area (Å²) in [7, 11) is -3.29. The van der Waals surface area contributed by atoms with Gasteiger partial charge in [0.1, 0.15) is 5.82 Å². The molecule has 3 atom stereocenters. The van der Waals surface area contributed by atoms with Crippen molar-refractivity contribution >= 4 is 16.0 Å². The van der Waals surface area contributed by atoms with Crippen LogP contribution in [0.3, 0.4) is 0 Å². The molecule has 13 heteroatoms. The zero-order chi connectivity index (χ0) is 31.1. The zero-order valence-corrected chi connectivity index (χ0v) is 24.3. The summed E-state index contributed by atoms with van der Waals surface area (Å²) in [5.74, 6) is -2.46. The first kappa shape index (κ1) is 30.9. The van der Waals surface area contributed by atoms with Gasteiger partial charge >= 0.3 is 12.1 Å². The number of aromatic nitrogens is 2. The van der Waals surface area contributed by atoms with Gasteiger partial charge in [-0.3, -0.25) is 0 Å². The highest BCUT2D eigenvalue weighted by atomic mass is 32.2. The summed E-state index contributed by atoms with van der Waals surface area (Å²) < 4.78 is 88.4. The molecule has 0 bridgehead atoms. The maximum Gasteiger partial charge on any atom is 0.415 e. The summed E-state index contributed by atoms with van der Waals surface area (Å²) in [5, 5.41) is 14.4. The normalized spacial score (nSPS) is 19.3. The number of fused-ring (bicyclic) bond motifs is 1. The number of aliphatic hydroxyl groups excluding tert-OH is 1. The number of hydrogen-bond donors (Lipinski definition) is 1. The summed E-state index contributed by atoms with van der Waals surface area (Å²) in [6.07, 6.45) is -4.53. The zero-order valence-electron chi connectivity index (χ0n) is 23.5. The Kier molecular flexibility index (Phi) is 8.52. The van der Waals surface area contributed by atoms with Crippen molar-refractivity contribution in [2.24, 2.45) is 5.92 Å². The first-order chi connectivity index (χ1) is 20.3. The number of allylic oxidation sites excluding steroid dienone is 1. The molecule has 0 saturated carbocycles. The lowest BCUT2D eigenvalue weighted by Gasteiger charge is -2.32. The van der Waals surface area contributed by atoms with Gasteiger partial charge in [0.05, 0.1) is 36.0 Å². The largest absolute Gasteiger partial charge is 0.465 e. The molecule has 2 aromatic carbocycles. The Morgan fingerprint density at radius 3 is 2.56 bits per heavy atom. The number of benzene rings is 2. The van der Waals surface area contributed by atoms with Gasteiger partial charge in [0.15, 0.2) is 6.10 Å². The topological polar surface area (TPSA) is 102 Å². The van der Waals surface area contributed by atoms with Gasteiger partial charge in [0.25, 0.3) is 0 Å². The van der Waals surface area contributed by atoms with E-state index in [2.05, 4.69) is 5.10 Å². The van der Waals surface area contributed by atoms with E-state index in [9.17, 15) is 35.9 Å². The van der Waals surface area contributed by atoms with E-state index in [1.54, 1.807) is 23.0 Å². The highest BCUT2D eigenvalue weighted by Crippen LogP contribution is 2.47. The maximum atomic E-state index is 13.7. The number of carbonyl (C=O) groups excluding carboxylic acids is 1. The Hall–Kier alpha value is -3.55. The van der Waals surface area contributed by atoms with Gasteiger partial charge in [-0.25, -0.2) is 22.3 Å². The number of ether oxygens (including phenoxy) is 1. The number of methoxy groups -OCH3 is 1. The minimum Gasteiger partial charge on any atom is -0.465 e. The summed E-state index contributed by atoms with van der Waals surface area (Å²) in [5.41, 5.74) is 4.63. The number of carbonyl (C=O) groups is 1. The van der Waals surface area contributed by atoms with Gasteiger partial charge in [0, 0.05) is 31.0 Å². The number of aliphatic hydroxyl groups is 1. The van der Waals surface area contributed by atoms with E-state index >= 15 is 0 Å². The molecule has 3 aromatic rings. The second kappa shape index (κ2) is 11.9. The van der Waals surface area contributed by atoms with Crippen molar-refractivity contribution in [1.29, 1.82) is 0 Å². The van der Waals surface area contributed by atoms with Crippen molar-refractivity contribution in [3.63, 3.8) is 0 Å². The third kappa shape index (κ3) is 6.24. The lowest BCUT2D eigenvalue weighted by molar-refractivity contribution is -0.205. The van der Waals surface area contributed by atoms with Crippen LogP contribution in [-0.4, -0.2) is 66.1 Å². The van der Waals surface area contributed by atoms with Crippen molar-refractivity contribution in [2.45, 2.75) is 50.1 Å². The second-order valence-corrected chi connectivity index (χ2v) is 12.9. The van der Waals surface area contributed by atoms with Crippen LogP contribution in [0.5, 0.6) is 0 Å². The minimum absolute atomic E-state index is 0.0117. The molecule has 0 radical (unpaired) electrons. The molecule has 2 aliphatic carbocycles. The van der Waals surface area contributed by atoms with Gasteiger partial charge < -0.3 is 9.84 Å². The fraction of sp³-hybridized carbons (Fsp3) is 0.400. The SMILES string of the molecule is COC(=O)c1ccccc1CS(=O)(=O)N(CC(O)C(F)(F)F)C[C@@H]1CCC2=C1[C@@H](C)c1cnn(-c3ccc(F)cc3)c1C2. The molecular weight excluding hydrogens is 590 g/mol. The van der Waals surface area contributed by atoms with E-state index < -0.39 is 46.5 Å². The highest BCUT2D eigenvalue weighted by Gasteiger charge is 2.44. The van der Waals surface area contributed by atoms with Gasteiger partial charge in [-0.2, -0.15) is 22.6 Å².